The van der Waals surface area contributed by atoms with Crippen LogP contribution in [0.2, 0.25) is 0 Å². The van der Waals surface area contributed by atoms with Crippen molar-refractivity contribution < 1.29 is 18.7 Å². The summed E-state index contributed by atoms with van der Waals surface area (Å²) in [5.41, 5.74) is 3.83. The standard InChI is InChI=1S/C25H20FIN2O3/c1-16-3-2-4-19(11-16)14-29-24(30)22(28-25(29)31)13-18-7-10-23(21(27)12-18)32-15-17-5-8-20(26)9-6-17/h2-13H,14-15H2,1H3,(H,28,31)/b22-13+. The normalized spacial score (nSPS) is 14.7. The summed E-state index contributed by atoms with van der Waals surface area (Å²) in [4.78, 5) is 26.3. The van der Waals surface area contributed by atoms with Crippen LogP contribution < -0.4 is 10.1 Å². The van der Waals surface area contributed by atoms with Crippen molar-refractivity contribution in [1.82, 2.24) is 10.2 Å². The van der Waals surface area contributed by atoms with Gasteiger partial charge in [-0.1, -0.05) is 48.0 Å². The highest BCUT2D eigenvalue weighted by molar-refractivity contribution is 14.1. The molecule has 4 rings (SSSR count). The van der Waals surface area contributed by atoms with E-state index in [1.54, 1.807) is 18.2 Å². The van der Waals surface area contributed by atoms with Crippen LogP contribution in [0.4, 0.5) is 9.18 Å². The van der Waals surface area contributed by atoms with Crippen molar-refractivity contribution in [1.29, 1.82) is 0 Å². The van der Waals surface area contributed by atoms with Crippen LogP contribution in [0.25, 0.3) is 6.08 Å². The highest BCUT2D eigenvalue weighted by atomic mass is 127. The largest absolute Gasteiger partial charge is 0.488 e. The van der Waals surface area contributed by atoms with Gasteiger partial charge in [0.25, 0.3) is 5.91 Å². The first-order chi connectivity index (χ1) is 15.4. The van der Waals surface area contributed by atoms with Crippen molar-refractivity contribution in [3.63, 3.8) is 0 Å². The average molecular weight is 542 g/mol. The minimum Gasteiger partial charge on any atom is -0.488 e. The molecule has 1 aliphatic rings. The third kappa shape index (κ3) is 5.16. The molecule has 0 radical (unpaired) electrons. The third-order valence-corrected chi connectivity index (χ3v) is 5.80. The minimum absolute atomic E-state index is 0.220. The maximum absolute atomic E-state index is 13.0. The van der Waals surface area contributed by atoms with Crippen molar-refractivity contribution in [3.8, 4) is 5.75 Å². The molecule has 3 aromatic carbocycles. The smallest absolute Gasteiger partial charge is 0.329 e. The topological polar surface area (TPSA) is 58.6 Å². The average Bonchev–Trinajstić information content (AvgIpc) is 3.02. The van der Waals surface area contributed by atoms with Crippen LogP contribution in [0, 0.1) is 16.3 Å². The van der Waals surface area contributed by atoms with Crippen LogP contribution in [-0.2, 0) is 17.9 Å². The van der Waals surface area contributed by atoms with Gasteiger partial charge in [-0.05, 0) is 76.5 Å². The first kappa shape index (κ1) is 22.0. The molecule has 0 saturated carbocycles. The molecule has 162 valence electrons. The minimum atomic E-state index is -0.434. The van der Waals surface area contributed by atoms with Crippen molar-refractivity contribution in [3.05, 3.63) is 104 Å². The Labute approximate surface area is 199 Å². The van der Waals surface area contributed by atoms with E-state index in [0.717, 1.165) is 25.8 Å². The Kier molecular flexibility index (Phi) is 6.55. The van der Waals surface area contributed by atoms with Crippen LogP contribution in [0.3, 0.4) is 0 Å². The van der Waals surface area contributed by atoms with Gasteiger partial charge < -0.3 is 10.1 Å². The highest BCUT2D eigenvalue weighted by Crippen LogP contribution is 2.25. The second-order valence-electron chi connectivity index (χ2n) is 7.47. The predicted molar refractivity (Wildman–Crippen MR) is 128 cm³/mol. The van der Waals surface area contributed by atoms with E-state index >= 15 is 0 Å². The summed E-state index contributed by atoms with van der Waals surface area (Å²) >= 11 is 2.16. The molecule has 1 N–H and O–H groups in total. The summed E-state index contributed by atoms with van der Waals surface area (Å²) in [7, 11) is 0. The number of hydrogen-bond donors (Lipinski definition) is 1. The number of halogens is 2. The molecule has 1 heterocycles. The predicted octanol–water partition coefficient (Wildman–Crippen LogP) is 5.41. The van der Waals surface area contributed by atoms with E-state index in [4.69, 9.17) is 4.74 Å². The van der Waals surface area contributed by atoms with E-state index in [-0.39, 0.29) is 24.0 Å². The Morgan fingerprint density at radius 3 is 2.53 bits per heavy atom. The molecule has 32 heavy (non-hydrogen) atoms. The SMILES string of the molecule is Cc1cccc(CN2C(=O)N/C(=C/c3ccc(OCc4ccc(F)cc4)c(I)c3)C2=O)c1. The number of benzene rings is 3. The fourth-order valence-electron chi connectivity index (χ4n) is 3.34. The molecule has 1 saturated heterocycles. The summed E-state index contributed by atoms with van der Waals surface area (Å²) in [6.07, 6.45) is 1.66. The van der Waals surface area contributed by atoms with Gasteiger partial charge in [0, 0.05) is 0 Å². The lowest BCUT2D eigenvalue weighted by atomic mass is 10.1. The molecule has 1 aliphatic heterocycles. The lowest BCUT2D eigenvalue weighted by molar-refractivity contribution is -0.123. The lowest BCUT2D eigenvalue weighted by Crippen LogP contribution is -2.30. The van der Waals surface area contributed by atoms with E-state index in [9.17, 15) is 14.0 Å². The monoisotopic (exact) mass is 542 g/mol. The Morgan fingerprint density at radius 1 is 1.03 bits per heavy atom. The van der Waals surface area contributed by atoms with Gasteiger partial charge >= 0.3 is 6.03 Å². The second kappa shape index (κ2) is 9.52. The lowest BCUT2D eigenvalue weighted by Gasteiger charge is -2.12. The maximum atomic E-state index is 13.0. The van der Waals surface area contributed by atoms with Crippen molar-refractivity contribution >= 4 is 40.6 Å². The summed E-state index contributed by atoms with van der Waals surface area (Å²) in [5.74, 6) is 0.0369. The van der Waals surface area contributed by atoms with Gasteiger partial charge in [-0.3, -0.25) is 9.69 Å². The molecule has 0 aliphatic carbocycles. The zero-order chi connectivity index (χ0) is 22.7. The van der Waals surface area contributed by atoms with Gasteiger partial charge in [0.15, 0.2) is 0 Å². The number of rotatable bonds is 6. The Bertz CT molecular complexity index is 1210. The first-order valence-corrected chi connectivity index (χ1v) is 11.0. The van der Waals surface area contributed by atoms with Crippen LogP contribution in [0.1, 0.15) is 22.3 Å². The number of amides is 3. The summed E-state index contributed by atoms with van der Waals surface area (Å²) < 4.78 is 19.7. The Hall–Kier alpha value is -3.20. The number of nitrogens with one attached hydrogen (secondary N) is 1. The van der Waals surface area contributed by atoms with E-state index in [2.05, 4.69) is 27.9 Å². The van der Waals surface area contributed by atoms with Gasteiger partial charge in [0.2, 0.25) is 0 Å². The molecule has 0 unspecified atom stereocenters. The number of hydrogen-bond acceptors (Lipinski definition) is 3. The number of imide groups is 1. The van der Waals surface area contributed by atoms with Gasteiger partial charge in [-0.2, -0.15) is 0 Å². The molecular formula is C25H20FIN2O3. The molecule has 0 bridgehead atoms. The van der Waals surface area contributed by atoms with E-state index < -0.39 is 6.03 Å². The number of carbonyl (C=O) groups is 2. The molecule has 1 fully saturated rings. The molecule has 0 aromatic heterocycles. The zero-order valence-electron chi connectivity index (χ0n) is 17.3. The molecule has 0 spiro atoms. The number of aryl methyl sites for hydroxylation is 1. The van der Waals surface area contributed by atoms with E-state index in [1.165, 1.54) is 17.0 Å². The van der Waals surface area contributed by atoms with Crippen LogP contribution in [0.15, 0.2) is 72.4 Å². The van der Waals surface area contributed by atoms with E-state index in [0.29, 0.717) is 12.4 Å². The van der Waals surface area contributed by atoms with Crippen LogP contribution in [0.5, 0.6) is 5.75 Å². The fraction of sp³-hybridized carbons (Fsp3) is 0.120. The Balaban J connectivity index is 1.45. The van der Waals surface area contributed by atoms with Gasteiger partial charge in [0.05, 0.1) is 10.1 Å². The quantitative estimate of drug-likeness (QED) is 0.258. The fourth-order valence-corrected chi connectivity index (χ4v) is 4.04. The highest BCUT2D eigenvalue weighted by Gasteiger charge is 2.33. The molecule has 3 aromatic rings. The van der Waals surface area contributed by atoms with Crippen molar-refractivity contribution in [2.24, 2.45) is 0 Å². The number of urea groups is 1. The third-order valence-electron chi connectivity index (χ3n) is 4.96. The van der Waals surface area contributed by atoms with Gasteiger partial charge in [-0.25, -0.2) is 9.18 Å². The number of ether oxygens (including phenoxy) is 1. The molecular weight excluding hydrogens is 522 g/mol. The summed E-state index contributed by atoms with van der Waals surface area (Å²) in [6.45, 7) is 2.51. The molecule has 0 atom stereocenters. The first-order valence-electron chi connectivity index (χ1n) is 9.96. The van der Waals surface area contributed by atoms with Crippen LogP contribution >= 0.6 is 22.6 Å². The summed E-state index contributed by atoms with van der Waals surface area (Å²) in [6, 6.07) is 18.9. The van der Waals surface area contributed by atoms with Crippen LogP contribution in [-0.4, -0.2) is 16.8 Å². The van der Waals surface area contributed by atoms with Crippen molar-refractivity contribution in [2.75, 3.05) is 0 Å². The van der Waals surface area contributed by atoms with Gasteiger partial charge in [0.1, 0.15) is 23.9 Å². The second-order valence-corrected chi connectivity index (χ2v) is 8.64. The summed E-state index contributed by atoms with van der Waals surface area (Å²) in [5, 5.41) is 2.66. The van der Waals surface area contributed by atoms with Gasteiger partial charge in [-0.15, -0.1) is 0 Å². The number of carbonyl (C=O) groups excluding carboxylic acids is 2. The zero-order valence-corrected chi connectivity index (χ0v) is 19.4. The molecule has 5 nitrogen and oxygen atoms in total. The van der Waals surface area contributed by atoms with Crippen molar-refractivity contribution in [2.45, 2.75) is 20.1 Å². The molecule has 3 amide bonds. The maximum Gasteiger partial charge on any atom is 0.329 e. The van der Waals surface area contributed by atoms with E-state index in [1.807, 2.05) is 49.4 Å². The number of nitrogens with zero attached hydrogens (tertiary/aromatic N) is 1. The molecule has 7 heteroatoms. The Morgan fingerprint density at radius 2 is 1.81 bits per heavy atom.